The van der Waals surface area contributed by atoms with Crippen LogP contribution >= 0.6 is 0 Å². The van der Waals surface area contributed by atoms with Crippen molar-refractivity contribution in [3.05, 3.63) is 65.0 Å². The summed E-state index contributed by atoms with van der Waals surface area (Å²) in [5.41, 5.74) is 1.36. The van der Waals surface area contributed by atoms with E-state index in [9.17, 15) is 17.6 Å². The maximum atomic E-state index is 12.6. The summed E-state index contributed by atoms with van der Waals surface area (Å²) < 4.78 is 55.5. The summed E-state index contributed by atoms with van der Waals surface area (Å²) in [5, 5.41) is 0. The van der Waals surface area contributed by atoms with Crippen LogP contribution < -0.4 is 4.74 Å². The first-order chi connectivity index (χ1) is 14.5. The van der Waals surface area contributed by atoms with Gasteiger partial charge in [0.25, 0.3) is 0 Å². The van der Waals surface area contributed by atoms with Crippen LogP contribution in [0.4, 0.5) is 17.6 Å². The second-order valence-corrected chi connectivity index (χ2v) is 7.81. The molecule has 1 nitrogen and oxygen atoms in total. The van der Waals surface area contributed by atoms with Gasteiger partial charge in [-0.1, -0.05) is 26.0 Å². The summed E-state index contributed by atoms with van der Waals surface area (Å²) >= 11 is 0. The van der Waals surface area contributed by atoms with Gasteiger partial charge in [0.15, 0.2) is 0 Å². The highest BCUT2D eigenvalue weighted by Crippen LogP contribution is 2.37. The smallest absolute Gasteiger partial charge is 0.132 e. The molecule has 0 amide bonds. The molecule has 0 heterocycles. The van der Waals surface area contributed by atoms with Crippen LogP contribution in [0.3, 0.4) is 0 Å². The molecule has 30 heavy (non-hydrogen) atoms. The van der Waals surface area contributed by atoms with Gasteiger partial charge in [0.1, 0.15) is 23.2 Å². The quantitative estimate of drug-likeness (QED) is 0.412. The molecule has 0 aromatic heterocycles. The Morgan fingerprint density at radius 1 is 0.900 bits per heavy atom. The Bertz CT molecular complexity index is 729. The molecular formula is C25H32F4O. The lowest BCUT2D eigenvalue weighted by Gasteiger charge is -2.28. The third-order valence-corrected chi connectivity index (χ3v) is 5.65. The summed E-state index contributed by atoms with van der Waals surface area (Å²) in [6, 6.07) is 9.93. The van der Waals surface area contributed by atoms with Gasteiger partial charge in [0.05, 0.1) is 13.3 Å². The van der Waals surface area contributed by atoms with Crippen LogP contribution in [0.5, 0.6) is 5.75 Å². The summed E-state index contributed by atoms with van der Waals surface area (Å²) in [6.45, 7) is 4.36. The number of halogens is 4. The SMILES string of the molecule is CCCOc1ccc(C2CCC(CCF)CC2)cc1.CCc1c(F)cc(F)cc1F. The van der Waals surface area contributed by atoms with E-state index in [0.29, 0.717) is 24.0 Å². The van der Waals surface area contributed by atoms with Gasteiger partial charge in [-0.25, -0.2) is 13.2 Å². The lowest BCUT2D eigenvalue weighted by atomic mass is 9.78. The summed E-state index contributed by atoms with van der Waals surface area (Å²) in [7, 11) is 0. The normalized spacial score (nSPS) is 18.5. The van der Waals surface area contributed by atoms with Crippen LogP contribution in [0.15, 0.2) is 36.4 Å². The first kappa shape index (κ1) is 24.2. The number of hydrogen-bond donors (Lipinski definition) is 0. The molecule has 0 spiro atoms. The van der Waals surface area contributed by atoms with Gasteiger partial charge in [-0.05, 0) is 74.5 Å². The third kappa shape index (κ3) is 7.33. The maximum absolute atomic E-state index is 12.6. The minimum absolute atomic E-state index is 0.0635. The molecule has 0 aliphatic heterocycles. The number of hydrogen-bond acceptors (Lipinski definition) is 1. The average Bonchev–Trinajstić information content (AvgIpc) is 2.74. The molecule has 1 aliphatic rings. The van der Waals surface area contributed by atoms with Crippen LogP contribution in [-0.4, -0.2) is 13.3 Å². The first-order valence-corrected chi connectivity index (χ1v) is 10.9. The fourth-order valence-electron chi connectivity index (χ4n) is 3.90. The highest BCUT2D eigenvalue weighted by Gasteiger charge is 2.22. The van der Waals surface area contributed by atoms with E-state index in [1.54, 1.807) is 6.92 Å². The van der Waals surface area contributed by atoms with Crippen molar-refractivity contribution >= 4 is 0 Å². The Kier molecular flexibility index (Phi) is 10.2. The van der Waals surface area contributed by atoms with E-state index in [-0.39, 0.29) is 18.7 Å². The summed E-state index contributed by atoms with van der Waals surface area (Å²) in [4.78, 5) is 0. The van der Waals surface area contributed by atoms with Gasteiger partial charge in [0, 0.05) is 17.7 Å². The van der Waals surface area contributed by atoms with Gasteiger partial charge in [-0.3, -0.25) is 4.39 Å². The molecule has 1 aliphatic carbocycles. The van der Waals surface area contributed by atoms with Crippen LogP contribution in [0.25, 0.3) is 0 Å². The van der Waals surface area contributed by atoms with Crippen LogP contribution in [-0.2, 0) is 6.42 Å². The zero-order chi connectivity index (χ0) is 21.9. The van der Waals surface area contributed by atoms with Crippen molar-refractivity contribution in [3.8, 4) is 5.75 Å². The zero-order valence-corrected chi connectivity index (χ0v) is 17.9. The number of ether oxygens (including phenoxy) is 1. The first-order valence-electron chi connectivity index (χ1n) is 10.9. The van der Waals surface area contributed by atoms with Gasteiger partial charge in [-0.15, -0.1) is 0 Å². The molecule has 2 aromatic rings. The van der Waals surface area contributed by atoms with Crippen LogP contribution in [0.2, 0.25) is 0 Å². The Balaban J connectivity index is 0.000000248. The molecule has 0 saturated heterocycles. The van der Waals surface area contributed by atoms with E-state index in [1.165, 1.54) is 31.2 Å². The molecule has 3 rings (SSSR count). The fourth-order valence-corrected chi connectivity index (χ4v) is 3.90. The van der Waals surface area contributed by atoms with Crippen molar-refractivity contribution in [1.82, 2.24) is 0 Å². The van der Waals surface area contributed by atoms with Crippen molar-refractivity contribution in [2.45, 2.75) is 64.7 Å². The second-order valence-electron chi connectivity index (χ2n) is 7.81. The molecule has 1 fully saturated rings. The molecule has 0 bridgehead atoms. The molecule has 2 aromatic carbocycles. The van der Waals surface area contributed by atoms with E-state index in [4.69, 9.17) is 4.74 Å². The van der Waals surface area contributed by atoms with E-state index < -0.39 is 17.5 Å². The van der Waals surface area contributed by atoms with Crippen LogP contribution in [0, 0.1) is 23.4 Å². The second kappa shape index (κ2) is 12.6. The third-order valence-electron chi connectivity index (χ3n) is 5.65. The van der Waals surface area contributed by atoms with Crippen molar-refractivity contribution < 1.29 is 22.3 Å². The molecule has 0 radical (unpaired) electrons. The van der Waals surface area contributed by atoms with E-state index in [1.807, 2.05) is 0 Å². The predicted octanol–water partition coefficient (Wildman–Crippen LogP) is 7.78. The largest absolute Gasteiger partial charge is 0.494 e. The van der Waals surface area contributed by atoms with Crippen molar-refractivity contribution in [2.75, 3.05) is 13.3 Å². The van der Waals surface area contributed by atoms with Gasteiger partial charge in [-0.2, -0.15) is 0 Å². The lowest BCUT2D eigenvalue weighted by Crippen LogP contribution is -2.13. The van der Waals surface area contributed by atoms with E-state index in [0.717, 1.165) is 25.2 Å². The highest BCUT2D eigenvalue weighted by atomic mass is 19.1. The fraction of sp³-hybridized carbons (Fsp3) is 0.520. The molecular weight excluding hydrogens is 392 g/mol. The zero-order valence-electron chi connectivity index (χ0n) is 17.9. The van der Waals surface area contributed by atoms with Crippen molar-refractivity contribution in [1.29, 1.82) is 0 Å². The maximum Gasteiger partial charge on any atom is 0.132 e. The molecule has 1 saturated carbocycles. The Morgan fingerprint density at radius 2 is 1.50 bits per heavy atom. The van der Waals surface area contributed by atoms with Crippen LogP contribution in [0.1, 0.15) is 69.4 Å². The van der Waals surface area contributed by atoms with Crippen molar-refractivity contribution in [3.63, 3.8) is 0 Å². The molecule has 0 atom stereocenters. The number of rotatable bonds is 7. The summed E-state index contributed by atoms with van der Waals surface area (Å²) in [5.74, 6) is -0.256. The monoisotopic (exact) mass is 424 g/mol. The van der Waals surface area contributed by atoms with Gasteiger partial charge in [0.2, 0.25) is 0 Å². The topological polar surface area (TPSA) is 9.23 Å². The van der Waals surface area contributed by atoms with E-state index in [2.05, 4.69) is 31.2 Å². The van der Waals surface area contributed by atoms with Crippen molar-refractivity contribution in [2.24, 2.45) is 5.92 Å². The lowest BCUT2D eigenvalue weighted by molar-refractivity contribution is 0.283. The molecule has 166 valence electrons. The van der Waals surface area contributed by atoms with E-state index >= 15 is 0 Å². The molecule has 0 N–H and O–H groups in total. The Hall–Kier alpha value is -2.04. The minimum Gasteiger partial charge on any atom is -0.494 e. The van der Waals surface area contributed by atoms with Gasteiger partial charge >= 0.3 is 0 Å². The number of alkyl halides is 1. The predicted molar refractivity (Wildman–Crippen MR) is 113 cm³/mol. The Labute approximate surface area is 177 Å². The average molecular weight is 425 g/mol. The standard InChI is InChI=1S/C17H25FO.C8H7F3/c1-2-13-19-17-9-7-16(8-10-17)15-5-3-14(4-6-15)11-12-18;1-2-6-7(10)3-5(9)4-8(6)11/h7-10,14-15H,2-6,11-13H2,1H3;3-4H,2H2,1H3. The minimum atomic E-state index is -0.878. The number of benzene rings is 2. The highest BCUT2D eigenvalue weighted by molar-refractivity contribution is 5.29. The van der Waals surface area contributed by atoms with Gasteiger partial charge < -0.3 is 4.74 Å². The molecule has 5 heteroatoms. The Morgan fingerprint density at radius 3 is 2.00 bits per heavy atom. The summed E-state index contributed by atoms with van der Waals surface area (Å²) in [6.07, 6.45) is 6.82. The molecule has 0 unspecified atom stereocenters.